The topological polar surface area (TPSA) is 126 Å². The molecule has 9 nitrogen and oxygen atoms in total. The van der Waals surface area contributed by atoms with Gasteiger partial charge in [0.1, 0.15) is 5.71 Å². The molecule has 1 aliphatic heterocycles. The molecule has 0 fully saturated rings. The van der Waals surface area contributed by atoms with Crippen molar-refractivity contribution in [2.75, 3.05) is 13.2 Å². The largest absolute Gasteiger partial charge is 0.451 e. The normalized spacial score (nSPS) is 13.6. The number of hydrazone groups is 1. The number of carbonyl (C=O) groups excluding carboxylic acids is 4. The average Bonchev–Trinajstić information content (AvgIpc) is 2.43. The number of hydrogen-bond acceptors (Lipinski definition) is 6. The third-order valence-electron chi connectivity index (χ3n) is 2.13. The van der Waals surface area contributed by atoms with Gasteiger partial charge in [-0.05, 0) is 0 Å². The Balaban J connectivity index is 2.30. The molecule has 0 bridgehead atoms. The van der Waals surface area contributed by atoms with E-state index in [9.17, 15) is 19.2 Å². The number of nitrogens with zero attached hydrogens (tertiary/aromatic N) is 1. The van der Waals surface area contributed by atoms with Gasteiger partial charge in [-0.25, -0.2) is 15.0 Å². The summed E-state index contributed by atoms with van der Waals surface area (Å²) in [6, 6.07) is -0.715. The van der Waals surface area contributed by atoms with E-state index >= 15 is 0 Å². The Bertz CT molecular complexity index is 471. The molecule has 0 saturated carbocycles. The smallest absolute Gasteiger partial charge is 0.355 e. The van der Waals surface area contributed by atoms with Crippen LogP contribution in [0.1, 0.15) is 12.8 Å². The molecule has 0 saturated heterocycles. The Hall–Kier alpha value is -2.71. The molecule has 0 radical (unpaired) electrons. The van der Waals surface area contributed by atoms with E-state index in [1.165, 1.54) is 6.08 Å². The van der Waals surface area contributed by atoms with Gasteiger partial charge in [0.25, 0.3) is 5.91 Å². The van der Waals surface area contributed by atoms with E-state index in [2.05, 4.69) is 27.2 Å². The minimum atomic E-state index is -0.813. The lowest BCUT2D eigenvalue weighted by Gasteiger charge is -2.11. The molecular formula is C11H14N4O5. The van der Waals surface area contributed by atoms with Crippen LogP contribution in [0.3, 0.4) is 0 Å². The van der Waals surface area contributed by atoms with E-state index in [1.807, 2.05) is 5.32 Å². The monoisotopic (exact) mass is 282 g/mol. The summed E-state index contributed by atoms with van der Waals surface area (Å²) in [7, 11) is 0. The van der Waals surface area contributed by atoms with Crippen LogP contribution in [0.4, 0.5) is 4.79 Å². The molecule has 4 amide bonds. The van der Waals surface area contributed by atoms with Gasteiger partial charge in [0.15, 0.2) is 6.61 Å². The Labute approximate surface area is 114 Å². The number of amides is 4. The van der Waals surface area contributed by atoms with Gasteiger partial charge < -0.3 is 10.1 Å². The molecule has 0 aromatic carbocycles. The number of carbonyl (C=O) groups is 4. The van der Waals surface area contributed by atoms with Crippen molar-refractivity contribution in [3.63, 3.8) is 0 Å². The first-order valence-corrected chi connectivity index (χ1v) is 5.74. The molecule has 3 N–H and O–H groups in total. The van der Waals surface area contributed by atoms with Crippen molar-refractivity contribution in [3.8, 4) is 0 Å². The van der Waals surface area contributed by atoms with Crippen LogP contribution in [0.5, 0.6) is 0 Å². The van der Waals surface area contributed by atoms with Crippen molar-refractivity contribution >= 4 is 29.5 Å². The quantitative estimate of drug-likeness (QED) is 0.431. The molecule has 1 aliphatic rings. The molecular weight excluding hydrogens is 268 g/mol. The second-order valence-electron chi connectivity index (χ2n) is 3.72. The maximum absolute atomic E-state index is 11.5. The lowest BCUT2D eigenvalue weighted by atomic mass is 10.2. The van der Waals surface area contributed by atoms with Crippen LogP contribution in [0.2, 0.25) is 0 Å². The SMILES string of the molecule is C=CCNC(=O)NC(=O)COC(=O)C1=NNC(=O)CC1. The second-order valence-corrected chi connectivity index (χ2v) is 3.72. The van der Waals surface area contributed by atoms with Crippen molar-refractivity contribution < 1.29 is 23.9 Å². The minimum absolute atomic E-state index is 0.0218. The summed E-state index contributed by atoms with van der Waals surface area (Å²) in [6.45, 7) is 2.97. The predicted molar refractivity (Wildman–Crippen MR) is 67.5 cm³/mol. The highest BCUT2D eigenvalue weighted by atomic mass is 16.5. The van der Waals surface area contributed by atoms with Crippen molar-refractivity contribution in [1.29, 1.82) is 0 Å². The fourth-order valence-electron chi connectivity index (χ4n) is 1.21. The van der Waals surface area contributed by atoms with Gasteiger partial charge >= 0.3 is 12.0 Å². The average molecular weight is 282 g/mol. The van der Waals surface area contributed by atoms with E-state index in [-0.39, 0.29) is 31.0 Å². The highest BCUT2D eigenvalue weighted by Crippen LogP contribution is 2.01. The summed E-state index contributed by atoms with van der Waals surface area (Å²) in [5.41, 5.74) is 2.15. The third-order valence-corrected chi connectivity index (χ3v) is 2.13. The summed E-state index contributed by atoms with van der Waals surface area (Å²) in [6.07, 6.45) is 1.72. The standard InChI is InChI=1S/C11H14N4O5/c1-2-5-12-11(19)13-9(17)6-20-10(18)7-3-4-8(16)15-14-7/h2H,1,3-6H2,(H,15,16)(H2,12,13,17,19). The fraction of sp³-hybridized carbons (Fsp3) is 0.364. The van der Waals surface area contributed by atoms with E-state index < -0.39 is 24.5 Å². The first-order valence-electron chi connectivity index (χ1n) is 5.74. The first-order chi connectivity index (χ1) is 9.52. The van der Waals surface area contributed by atoms with Crippen LogP contribution in [0, 0.1) is 0 Å². The first kappa shape index (κ1) is 15.3. The van der Waals surface area contributed by atoms with Gasteiger partial charge in [0.05, 0.1) is 0 Å². The molecule has 1 rings (SSSR count). The molecule has 1 heterocycles. The molecule has 0 aromatic rings. The zero-order valence-electron chi connectivity index (χ0n) is 10.6. The van der Waals surface area contributed by atoms with Gasteiger partial charge in [-0.15, -0.1) is 6.58 Å². The van der Waals surface area contributed by atoms with Crippen molar-refractivity contribution in [2.24, 2.45) is 5.10 Å². The molecule has 0 aliphatic carbocycles. The van der Waals surface area contributed by atoms with Crippen molar-refractivity contribution in [3.05, 3.63) is 12.7 Å². The second kappa shape index (κ2) is 7.67. The number of esters is 1. The lowest BCUT2D eigenvalue weighted by Crippen LogP contribution is -2.42. The van der Waals surface area contributed by atoms with Crippen molar-refractivity contribution in [1.82, 2.24) is 16.1 Å². The molecule has 0 unspecified atom stereocenters. The number of hydrogen-bond donors (Lipinski definition) is 3. The van der Waals surface area contributed by atoms with Gasteiger partial charge in [-0.1, -0.05) is 6.08 Å². The Morgan fingerprint density at radius 1 is 1.40 bits per heavy atom. The van der Waals surface area contributed by atoms with Crippen LogP contribution < -0.4 is 16.1 Å². The summed E-state index contributed by atoms with van der Waals surface area (Å²) in [5, 5.41) is 7.79. The van der Waals surface area contributed by atoms with E-state index in [0.717, 1.165) is 0 Å². The van der Waals surface area contributed by atoms with Crippen LogP contribution in [-0.2, 0) is 19.1 Å². The third kappa shape index (κ3) is 5.29. The summed E-state index contributed by atoms with van der Waals surface area (Å²) >= 11 is 0. The van der Waals surface area contributed by atoms with Gasteiger partial charge in [0.2, 0.25) is 5.91 Å². The van der Waals surface area contributed by atoms with E-state index in [0.29, 0.717) is 0 Å². The minimum Gasteiger partial charge on any atom is -0.451 e. The van der Waals surface area contributed by atoms with Gasteiger partial charge in [-0.3, -0.25) is 14.9 Å². The summed E-state index contributed by atoms with van der Waals surface area (Å²) in [5.74, 6) is -1.88. The highest BCUT2D eigenvalue weighted by Gasteiger charge is 2.20. The number of ether oxygens (including phenoxy) is 1. The van der Waals surface area contributed by atoms with E-state index in [1.54, 1.807) is 0 Å². The molecule has 108 valence electrons. The predicted octanol–water partition coefficient (Wildman–Crippen LogP) is -1.19. The molecule has 9 heteroatoms. The number of rotatable bonds is 5. The van der Waals surface area contributed by atoms with Crippen molar-refractivity contribution in [2.45, 2.75) is 12.8 Å². The Kier molecular flexibility index (Phi) is 5.88. The molecule has 20 heavy (non-hydrogen) atoms. The zero-order valence-corrected chi connectivity index (χ0v) is 10.6. The fourth-order valence-corrected chi connectivity index (χ4v) is 1.21. The number of nitrogens with one attached hydrogen (secondary N) is 3. The summed E-state index contributed by atoms with van der Waals surface area (Å²) < 4.78 is 4.65. The van der Waals surface area contributed by atoms with Crippen LogP contribution >= 0.6 is 0 Å². The van der Waals surface area contributed by atoms with Crippen LogP contribution in [-0.4, -0.2) is 42.7 Å². The van der Waals surface area contributed by atoms with Crippen LogP contribution in [0.25, 0.3) is 0 Å². The van der Waals surface area contributed by atoms with Crippen LogP contribution in [0.15, 0.2) is 17.8 Å². The highest BCUT2D eigenvalue weighted by molar-refractivity contribution is 6.37. The maximum Gasteiger partial charge on any atom is 0.355 e. The van der Waals surface area contributed by atoms with E-state index in [4.69, 9.17) is 0 Å². The molecule has 0 spiro atoms. The van der Waals surface area contributed by atoms with Gasteiger partial charge in [0, 0.05) is 19.4 Å². The maximum atomic E-state index is 11.5. The zero-order chi connectivity index (χ0) is 15.0. The number of urea groups is 1. The Morgan fingerprint density at radius 2 is 2.15 bits per heavy atom. The summed E-state index contributed by atoms with van der Waals surface area (Å²) in [4.78, 5) is 44.7. The Morgan fingerprint density at radius 3 is 2.75 bits per heavy atom. The molecule has 0 atom stereocenters. The molecule has 0 aromatic heterocycles. The lowest BCUT2D eigenvalue weighted by molar-refractivity contribution is -0.142. The van der Waals surface area contributed by atoms with Gasteiger partial charge in [-0.2, -0.15) is 5.10 Å². The number of imide groups is 1.